The number of benzene rings is 1. The van der Waals surface area contributed by atoms with E-state index in [-0.39, 0.29) is 15.6 Å². The van der Waals surface area contributed by atoms with Crippen LogP contribution in [-0.4, -0.2) is 16.8 Å². The van der Waals surface area contributed by atoms with Crippen molar-refractivity contribution >= 4 is 23.2 Å². The van der Waals surface area contributed by atoms with Crippen molar-refractivity contribution in [2.75, 3.05) is 6.61 Å². The fraction of sp³-hybridized carbons (Fsp3) is 0.250. The summed E-state index contributed by atoms with van der Waals surface area (Å²) in [5.41, 5.74) is 5.43. The first-order chi connectivity index (χ1) is 6.49. The number of aromatic hydroxyl groups is 1. The van der Waals surface area contributed by atoms with E-state index < -0.39 is 24.2 Å². The second-order valence-electron chi connectivity index (χ2n) is 2.71. The van der Waals surface area contributed by atoms with Crippen LogP contribution in [0.25, 0.3) is 0 Å². The highest BCUT2D eigenvalue weighted by molar-refractivity contribution is 6.43. The van der Waals surface area contributed by atoms with Crippen molar-refractivity contribution < 1.29 is 14.6 Å². The molecule has 1 rings (SSSR count). The molecule has 0 bridgehead atoms. The number of aliphatic hydroxyl groups is 1. The highest BCUT2D eigenvalue weighted by Gasteiger charge is 2.18. The van der Waals surface area contributed by atoms with Gasteiger partial charge in [-0.3, -0.25) is 0 Å². The number of halogens is 3. The zero-order chi connectivity index (χ0) is 10.9. The van der Waals surface area contributed by atoms with E-state index >= 15 is 0 Å². The van der Waals surface area contributed by atoms with E-state index in [1.165, 1.54) is 0 Å². The minimum atomic E-state index is -0.890. The van der Waals surface area contributed by atoms with Crippen LogP contribution >= 0.6 is 23.2 Å². The van der Waals surface area contributed by atoms with Gasteiger partial charge in [0.1, 0.15) is 16.6 Å². The summed E-state index contributed by atoms with van der Waals surface area (Å²) in [6.07, 6.45) is 0. The Hall–Kier alpha value is -0.550. The summed E-state index contributed by atoms with van der Waals surface area (Å²) in [7, 11) is 0. The monoisotopic (exact) mass is 239 g/mol. The van der Waals surface area contributed by atoms with Gasteiger partial charge in [-0.1, -0.05) is 23.2 Å². The Morgan fingerprint density at radius 3 is 2.50 bits per heavy atom. The molecule has 0 aliphatic carbocycles. The van der Waals surface area contributed by atoms with Gasteiger partial charge in [0.25, 0.3) is 0 Å². The SMILES string of the molecule is NC(CO)c1cc(F)c(Cl)c(Cl)c1O. The Kier molecular flexibility index (Phi) is 3.55. The Bertz CT molecular complexity index is 360. The van der Waals surface area contributed by atoms with Crippen LogP contribution in [0.5, 0.6) is 5.75 Å². The third-order valence-electron chi connectivity index (χ3n) is 1.76. The van der Waals surface area contributed by atoms with Crippen LogP contribution in [0.1, 0.15) is 11.6 Å². The topological polar surface area (TPSA) is 66.5 Å². The molecule has 0 radical (unpaired) electrons. The van der Waals surface area contributed by atoms with Gasteiger partial charge in [0.2, 0.25) is 0 Å². The van der Waals surface area contributed by atoms with Crippen molar-refractivity contribution in [3.63, 3.8) is 0 Å². The van der Waals surface area contributed by atoms with Crippen molar-refractivity contribution in [2.45, 2.75) is 6.04 Å². The summed E-state index contributed by atoms with van der Waals surface area (Å²) in [4.78, 5) is 0. The summed E-state index contributed by atoms with van der Waals surface area (Å²) in [5.74, 6) is -1.19. The van der Waals surface area contributed by atoms with E-state index in [1.54, 1.807) is 0 Å². The van der Waals surface area contributed by atoms with Crippen molar-refractivity contribution in [3.8, 4) is 5.75 Å². The average molecular weight is 240 g/mol. The molecule has 0 amide bonds. The van der Waals surface area contributed by atoms with Crippen LogP contribution in [0.2, 0.25) is 10.0 Å². The molecular formula is C8H8Cl2FNO2. The number of phenols is 1. The molecule has 6 heteroatoms. The molecular weight excluding hydrogens is 232 g/mol. The molecule has 1 unspecified atom stereocenters. The lowest BCUT2D eigenvalue weighted by Crippen LogP contribution is -2.15. The third kappa shape index (κ3) is 1.93. The van der Waals surface area contributed by atoms with Crippen molar-refractivity contribution in [1.82, 2.24) is 0 Å². The van der Waals surface area contributed by atoms with Crippen molar-refractivity contribution in [3.05, 3.63) is 27.5 Å². The molecule has 0 saturated heterocycles. The van der Waals surface area contributed by atoms with Gasteiger partial charge < -0.3 is 15.9 Å². The largest absolute Gasteiger partial charge is 0.506 e. The predicted octanol–water partition coefficient (Wildman–Crippen LogP) is 1.83. The first kappa shape index (κ1) is 11.5. The molecule has 0 spiro atoms. The smallest absolute Gasteiger partial charge is 0.143 e. The lowest BCUT2D eigenvalue weighted by Gasteiger charge is -2.12. The van der Waals surface area contributed by atoms with Gasteiger partial charge in [-0.25, -0.2) is 4.39 Å². The summed E-state index contributed by atoms with van der Waals surface area (Å²) >= 11 is 11.0. The Balaban J connectivity index is 3.33. The second-order valence-corrected chi connectivity index (χ2v) is 3.47. The van der Waals surface area contributed by atoms with Crippen LogP contribution in [0.4, 0.5) is 4.39 Å². The molecule has 1 aromatic carbocycles. The van der Waals surface area contributed by atoms with Crippen LogP contribution in [-0.2, 0) is 0 Å². The quantitative estimate of drug-likeness (QED) is 0.691. The summed E-state index contributed by atoms with van der Waals surface area (Å²) in [6.45, 7) is -0.426. The average Bonchev–Trinajstić information content (AvgIpc) is 2.19. The van der Waals surface area contributed by atoms with Gasteiger partial charge in [0, 0.05) is 5.56 Å². The van der Waals surface area contributed by atoms with Gasteiger partial charge in [0.05, 0.1) is 17.7 Å². The van der Waals surface area contributed by atoms with Gasteiger partial charge in [-0.15, -0.1) is 0 Å². The lowest BCUT2D eigenvalue weighted by molar-refractivity contribution is 0.265. The van der Waals surface area contributed by atoms with E-state index in [2.05, 4.69) is 0 Å². The molecule has 78 valence electrons. The Labute approximate surface area is 89.9 Å². The number of hydrogen-bond acceptors (Lipinski definition) is 3. The molecule has 0 aromatic heterocycles. The fourth-order valence-electron chi connectivity index (χ4n) is 0.985. The van der Waals surface area contributed by atoms with E-state index in [1.807, 2.05) is 0 Å². The summed E-state index contributed by atoms with van der Waals surface area (Å²) < 4.78 is 13.1. The summed E-state index contributed by atoms with van der Waals surface area (Å²) in [6, 6.07) is 0.0593. The normalized spacial score (nSPS) is 12.9. The Morgan fingerprint density at radius 1 is 1.43 bits per heavy atom. The number of aliphatic hydroxyl groups excluding tert-OH is 1. The maximum Gasteiger partial charge on any atom is 0.143 e. The molecule has 4 N–H and O–H groups in total. The number of rotatable bonds is 2. The van der Waals surface area contributed by atoms with Gasteiger partial charge >= 0.3 is 0 Å². The molecule has 0 heterocycles. The highest BCUT2D eigenvalue weighted by Crippen LogP contribution is 2.38. The second kappa shape index (κ2) is 4.31. The third-order valence-corrected chi connectivity index (χ3v) is 2.60. The number of phenolic OH excluding ortho intramolecular Hbond substituents is 1. The fourth-order valence-corrected chi connectivity index (χ4v) is 1.33. The van der Waals surface area contributed by atoms with E-state index in [4.69, 9.17) is 34.0 Å². The number of nitrogens with two attached hydrogens (primary N) is 1. The van der Waals surface area contributed by atoms with Crippen LogP contribution in [0.3, 0.4) is 0 Å². The minimum Gasteiger partial charge on any atom is -0.506 e. The molecule has 0 aliphatic rings. The minimum absolute atomic E-state index is 0.0272. The van der Waals surface area contributed by atoms with Crippen molar-refractivity contribution in [2.24, 2.45) is 5.73 Å². The van der Waals surface area contributed by atoms with Gasteiger partial charge in [-0.05, 0) is 6.07 Å². The van der Waals surface area contributed by atoms with E-state index in [0.29, 0.717) is 0 Å². The predicted molar refractivity (Wildman–Crippen MR) is 52.1 cm³/mol. The van der Waals surface area contributed by atoms with Gasteiger partial charge in [-0.2, -0.15) is 0 Å². The first-order valence-corrected chi connectivity index (χ1v) is 4.47. The number of hydrogen-bond donors (Lipinski definition) is 3. The summed E-state index contributed by atoms with van der Waals surface area (Å²) in [5, 5.41) is 17.5. The molecule has 3 nitrogen and oxygen atoms in total. The van der Waals surface area contributed by atoms with Crippen LogP contribution in [0, 0.1) is 5.82 Å². The molecule has 1 atom stereocenters. The molecule has 1 aromatic rings. The first-order valence-electron chi connectivity index (χ1n) is 3.71. The lowest BCUT2D eigenvalue weighted by atomic mass is 10.1. The van der Waals surface area contributed by atoms with E-state index in [0.717, 1.165) is 6.07 Å². The molecule has 0 fully saturated rings. The highest BCUT2D eigenvalue weighted by atomic mass is 35.5. The van der Waals surface area contributed by atoms with Crippen molar-refractivity contribution in [1.29, 1.82) is 0 Å². The zero-order valence-corrected chi connectivity index (χ0v) is 8.48. The van der Waals surface area contributed by atoms with Crippen LogP contribution in [0.15, 0.2) is 6.07 Å². The Morgan fingerprint density at radius 2 is 2.00 bits per heavy atom. The van der Waals surface area contributed by atoms with Crippen LogP contribution < -0.4 is 5.73 Å². The standard InChI is InChI=1S/C8H8Cl2FNO2/c9-6-4(11)1-3(5(12)2-13)8(14)7(6)10/h1,5,13-14H,2,12H2. The molecule has 0 saturated carbocycles. The maximum atomic E-state index is 13.1. The molecule has 0 aliphatic heterocycles. The maximum absolute atomic E-state index is 13.1. The van der Waals surface area contributed by atoms with E-state index in [9.17, 15) is 9.50 Å². The zero-order valence-electron chi connectivity index (χ0n) is 6.97. The van der Waals surface area contributed by atoms with Gasteiger partial charge in [0.15, 0.2) is 0 Å². The molecule has 14 heavy (non-hydrogen) atoms.